The van der Waals surface area contributed by atoms with E-state index in [1.165, 1.54) is 41.7 Å². The maximum atomic E-state index is 12.9. The minimum Gasteiger partial charge on any atom is -0.355 e. The van der Waals surface area contributed by atoms with Crippen LogP contribution in [-0.4, -0.2) is 35.6 Å². The minimum atomic E-state index is -0.176. The highest BCUT2D eigenvalue weighted by atomic mass is 32.1. The molecule has 2 aromatic heterocycles. The molecule has 5 rings (SSSR count). The molecule has 0 spiro atoms. The lowest BCUT2D eigenvalue weighted by molar-refractivity contribution is 0.0906. The van der Waals surface area contributed by atoms with Crippen LogP contribution in [0.5, 0.6) is 0 Å². The van der Waals surface area contributed by atoms with Crippen LogP contribution >= 0.6 is 11.3 Å². The molecule has 3 aromatic rings. The number of nitrogens with one attached hydrogen (secondary N) is 1. The van der Waals surface area contributed by atoms with Gasteiger partial charge in [-0.1, -0.05) is 30.3 Å². The van der Waals surface area contributed by atoms with Crippen LogP contribution in [-0.2, 0) is 12.8 Å². The van der Waals surface area contributed by atoms with Crippen molar-refractivity contribution in [3.63, 3.8) is 0 Å². The maximum absolute atomic E-state index is 12.9. The normalized spacial score (nSPS) is 18.3. The highest BCUT2D eigenvalue weighted by Gasteiger charge is 2.26. The second-order valence-electron chi connectivity index (χ2n) is 9.23. The van der Waals surface area contributed by atoms with Gasteiger partial charge in [0.2, 0.25) is 0 Å². The molecule has 32 heavy (non-hydrogen) atoms. The molecule has 0 unspecified atom stereocenters. The van der Waals surface area contributed by atoms with Gasteiger partial charge in [0.25, 0.3) is 5.91 Å². The second kappa shape index (κ2) is 9.59. The average molecular weight is 450 g/mol. The smallest absolute Gasteiger partial charge is 0.273 e. The summed E-state index contributed by atoms with van der Waals surface area (Å²) in [5, 5.41) is 9.29. The van der Waals surface area contributed by atoms with Gasteiger partial charge in [0.05, 0.1) is 6.04 Å². The van der Waals surface area contributed by atoms with E-state index >= 15 is 0 Å². The quantitative estimate of drug-likeness (QED) is 0.541. The lowest BCUT2D eigenvalue weighted by atomic mass is 9.90. The van der Waals surface area contributed by atoms with Gasteiger partial charge in [-0.15, -0.1) is 11.3 Å². The first kappa shape index (κ1) is 21.4. The number of hydrogen-bond acceptors (Lipinski definition) is 5. The Morgan fingerprint density at radius 2 is 2.00 bits per heavy atom. The Hall–Kier alpha value is -2.44. The van der Waals surface area contributed by atoms with E-state index in [4.69, 9.17) is 4.52 Å². The largest absolute Gasteiger partial charge is 0.355 e. The number of aromatic nitrogens is 1. The Balaban J connectivity index is 1.26. The number of carbonyl (C=O) groups is 1. The lowest BCUT2D eigenvalue weighted by Gasteiger charge is -2.36. The average Bonchev–Trinajstić information content (AvgIpc) is 3.53. The number of likely N-dealkylation sites (tertiary alicyclic amines) is 1. The predicted octanol–water partition coefficient (Wildman–Crippen LogP) is 5.48. The van der Waals surface area contributed by atoms with Crippen LogP contribution in [0.4, 0.5) is 0 Å². The maximum Gasteiger partial charge on any atom is 0.273 e. The van der Waals surface area contributed by atoms with Crippen molar-refractivity contribution in [2.75, 3.05) is 19.6 Å². The van der Waals surface area contributed by atoms with Crippen LogP contribution in [0.2, 0.25) is 0 Å². The predicted molar refractivity (Wildman–Crippen MR) is 128 cm³/mol. The van der Waals surface area contributed by atoms with E-state index < -0.39 is 0 Å². The summed E-state index contributed by atoms with van der Waals surface area (Å²) in [4.78, 5) is 16.7. The van der Waals surface area contributed by atoms with Gasteiger partial charge in [0.1, 0.15) is 0 Å². The number of thiophene rings is 1. The fourth-order valence-corrected chi connectivity index (χ4v) is 5.78. The molecule has 0 radical (unpaired) electrons. The third-order valence-corrected chi connectivity index (χ3v) is 7.94. The number of hydrogen-bond donors (Lipinski definition) is 1. The molecule has 168 valence electrons. The van der Waals surface area contributed by atoms with Crippen LogP contribution in [0.25, 0.3) is 11.3 Å². The van der Waals surface area contributed by atoms with Crippen LogP contribution in [0, 0.1) is 5.92 Å². The first-order chi connectivity index (χ1) is 15.7. The molecule has 1 N–H and O–H groups in total. The van der Waals surface area contributed by atoms with Crippen molar-refractivity contribution in [3.8, 4) is 11.3 Å². The molecule has 1 amide bonds. The molecule has 1 aliphatic carbocycles. The number of benzene rings is 1. The topological polar surface area (TPSA) is 58.4 Å². The number of carbonyl (C=O) groups excluding carboxylic acids is 1. The zero-order valence-corrected chi connectivity index (χ0v) is 19.5. The zero-order chi connectivity index (χ0) is 21.9. The van der Waals surface area contributed by atoms with Gasteiger partial charge in [-0.25, -0.2) is 0 Å². The van der Waals surface area contributed by atoms with E-state index in [0.717, 1.165) is 37.4 Å². The summed E-state index contributed by atoms with van der Waals surface area (Å²) in [5.41, 5.74) is 4.17. The van der Waals surface area contributed by atoms with Crippen molar-refractivity contribution < 1.29 is 9.32 Å². The fraction of sp³-hybridized carbons (Fsp3) is 0.462. The lowest BCUT2D eigenvalue weighted by Crippen LogP contribution is -2.41. The van der Waals surface area contributed by atoms with Crippen molar-refractivity contribution in [1.82, 2.24) is 15.4 Å². The summed E-state index contributed by atoms with van der Waals surface area (Å²) >= 11 is 1.76. The van der Waals surface area contributed by atoms with Gasteiger partial charge in [0.15, 0.2) is 11.5 Å². The van der Waals surface area contributed by atoms with Crippen LogP contribution in [0.15, 0.2) is 46.3 Å². The molecule has 1 aliphatic heterocycles. The summed E-state index contributed by atoms with van der Waals surface area (Å²) in [6.45, 7) is 5.05. The Kier molecular flexibility index (Phi) is 6.42. The molecular formula is C26H31N3O2S. The second-order valence-corrected chi connectivity index (χ2v) is 10.2. The van der Waals surface area contributed by atoms with Gasteiger partial charge in [-0.3, -0.25) is 9.69 Å². The Morgan fingerprint density at radius 3 is 2.78 bits per heavy atom. The van der Waals surface area contributed by atoms with Crippen molar-refractivity contribution in [1.29, 1.82) is 0 Å². The van der Waals surface area contributed by atoms with Crippen molar-refractivity contribution in [3.05, 3.63) is 63.5 Å². The van der Waals surface area contributed by atoms with Gasteiger partial charge in [-0.05, 0) is 86.2 Å². The molecule has 1 saturated heterocycles. The summed E-state index contributed by atoms with van der Waals surface area (Å²) < 4.78 is 5.55. The molecule has 6 heteroatoms. The molecular weight excluding hydrogens is 418 g/mol. The van der Waals surface area contributed by atoms with Crippen LogP contribution < -0.4 is 5.32 Å². The zero-order valence-electron chi connectivity index (χ0n) is 18.7. The third kappa shape index (κ3) is 4.66. The SMILES string of the molecule is CC1CCN([C@@H](CNC(=O)c2cc(-c3ccc4c(c3)CCCC4)on2)c2cccs2)CC1. The number of rotatable bonds is 6. The van der Waals surface area contributed by atoms with E-state index in [0.29, 0.717) is 18.0 Å². The number of aryl methyl sites for hydroxylation is 2. The van der Waals surface area contributed by atoms with Gasteiger partial charge >= 0.3 is 0 Å². The highest BCUT2D eigenvalue weighted by Crippen LogP contribution is 2.30. The van der Waals surface area contributed by atoms with E-state index in [1.54, 1.807) is 17.4 Å². The number of fused-ring (bicyclic) bond motifs is 1. The summed E-state index contributed by atoms with van der Waals surface area (Å²) in [7, 11) is 0. The summed E-state index contributed by atoms with van der Waals surface area (Å²) in [5.74, 6) is 1.26. The third-order valence-electron chi connectivity index (χ3n) is 6.96. The molecule has 0 bridgehead atoms. The van der Waals surface area contributed by atoms with E-state index in [1.807, 2.05) is 0 Å². The monoisotopic (exact) mass is 449 g/mol. The molecule has 1 fully saturated rings. The standard InChI is InChI=1S/C26H31N3O2S/c1-18-10-12-29(13-11-18)23(25-7-4-14-32-25)17-27-26(30)22-16-24(31-28-22)21-9-8-19-5-2-3-6-20(19)15-21/h4,7-9,14-16,18,23H,2-3,5-6,10-13,17H2,1H3,(H,27,30)/t23-/m0/s1. The van der Waals surface area contributed by atoms with Gasteiger partial charge in [-0.2, -0.15) is 0 Å². The van der Waals surface area contributed by atoms with Crippen LogP contribution in [0.1, 0.15) is 65.1 Å². The molecule has 5 nitrogen and oxygen atoms in total. The van der Waals surface area contributed by atoms with Crippen molar-refractivity contribution in [2.24, 2.45) is 5.92 Å². The first-order valence-electron chi connectivity index (χ1n) is 11.8. The number of nitrogens with zero attached hydrogens (tertiary/aromatic N) is 2. The van der Waals surface area contributed by atoms with Gasteiger partial charge in [0, 0.05) is 23.1 Å². The first-order valence-corrected chi connectivity index (χ1v) is 12.7. The number of piperidine rings is 1. The Morgan fingerprint density at radius 1 is 1.19 bits per heavy atom. The molecule has 1 aromatic carbocycles. The van der Waals surface area contributed by atoms with E-state index in [9.17, 15) is 4.79 Å². The molecule has 1 atom stereocenters. The van der Waals surface area contributed by atoms with E-state index in [2.05, 4.69) is 58.0 Å². The van der Waals surface area contributed by atoms with Crippen LogP contribution in [0.3, 0.4) is 0 Å². The van der Waals surface area contributed by atoms with Gasteiger partial charge < -0.3 is 9.84 Å². The van der Waals surface area contributed by atoms with Crippen molar-refractivity contribution >= 4 is 17.2 Å². The Bertz CT molecular complexity index is 1050. The van der Waals surface area contributed by atoms with E-state index in [-0.39, 0.29) is 11.9 Å². The fourth-order valence-electron chi connectivity index (χ4n) is 4.92. The van der Waals surface area contributed by atoms with Crippen molar-refractivity contribution in [2.45, 2.75) is 51.5 Å². The number of amides is 1. The summed E-state index contributed by atoms with van der Waals surface area (Å²) in [6, 6.07) is 12.7. The Labute approximate surface area is 193 Å². The molecule has 3 heterocycles. The summed E-state index contributed by atoms with van der Waals surface area (Å²) in [6.07, 6.45) is 7.20. The molecule has 2 aliphatic rings. The minimum absolute atomic E-state index is 0.176. The highest BCUT2D eigenvalue weighted by molar-refractivity contribution is 7.10. The molecule has 0 saturated carbocycles.